The van der Waals surface area contributed by atoms with Gasteiger partial charge in [-0.2, -0.15) is 0 Å². The number of carboxylic acids is 1. The van der Waals surface area contributed by atoms with Gasteiger partial charge in [0.15, 0.2) is 0 Å². The maximum atomic E-state index is 13.0. The Labute approximate surface area is 201 Å². The van der Waals surface area contributed by atoms with Crippen LogP contribution in [0.1, 0.15) is 66.2 Å². The predicted molar refractivity (Wildman–Crippen MR) is 127 cm³/mol. The minimum Gasteiger partial charge on any atom is -0.480 e. The number of nitrogens with one attached hydrogen (secondary N) is 3. The lowest BCUT2D eigenvalue weighted by molar-refractivity contribution is -0.142. The first-order chi connectivity index (χ1) is 15.8. The van der Waals surface area contributed by atoms with Crippen molar-refractivity contribution in [1.29, 1.82) is 0 Å². The lowest BCUT2D eigenvalue weighted by atomic mass is 10.0. The third-order valence-corrected chi connectivity index (χ3v) is 5.00. The highest BCUT2D eigenvalue weighted by atomic mass is 16.4. The summed E-state index contributed by atoms with van der Waals surface area (Å²) in [5.41, 5.74) is 16.3. The summed E-state index contributed by atoms with van der Waals surface area (Å²) in [6.07, 6.45) is 1.49. The first-order valence-corrected chi connectivity index (χ1v) is 11.7. The normalized spacial score (nSPS) is 14.7. The molecule has 12 nitrogen and oxygen atoms in total. The molecule has 4 unspecified atom stereocenters. The molecule has 0 aliphatic rings. The van der Waals surface area contributed by atoms with Gasteiger partial charge >= 0.3 is 5.97 Å². The maximum Gasteiger partial charge on any atom is 0.326 e. The van der Waals surface area contributed by atoms with Gasteiger partial charge in [0.05, 0.1) is 12.5 Å². The van der Waals surface area contributed by atoms with Crippen LogP contribution in [0, 0.1) is 11.8 Å². The number of hydrogen-bond acceptors (Lipinski definition) is 7. The van der Waals surface area contributed by atoms with Crippen molar-refractivity contribution in [3.63, 3.8) is 0 Å². The van der Waals surface area contributed by atoms with Gasteiger partial charge in [0, 0.05) is 0 Å². The minimum absolute atomic E-state index is 0.00960. The molecule has 0 aliphatic carbocycles. The SMILES string of the molecule is CC(C)CC(NC(=O)C(CCCCN)NC(=O)C(CC(C)C)NC(=O)C(N)CC(N)=O)C(=O)O. The van der Waals surface area contributed by atoms with Gasteiger partial charge in [-0.15, -0.1) is 0 Å². The zero-order valence-electron chi connectivity index (χ0n) is 20.6. The number of carboxylic acid groups (broad SMARTS) is 1. The van der Waals surface area contributed by atoms with E-state index in [4.69, 9.17) is 17.2 Å². The smallest absolute Gasteiger partial charge is 0.326 e. The zero-order valence-corrected chi connectivity index (χ0v) is 20.6. The molecular formula is C22H42N6O6. The number of nitrogens with two attached hydrogens (primary N) is 3. The van der Waals surface area contributed by atoms with Gasteiger partial charge in [-0.05, 0) is 50.5 Å². The third-order valence-electron chi connectivity index (χ3n) is 5.00. The summed E-state index contributed by atoms with van der Waals surface area (Å²) < 4.78 is 0. The fraction of sp³-hybridized carbons (Fsp3) is 0.773. The van der Waals surface area contributed by atoms with Crippen molar-refractivity contribution < 1.29 is 29.1 Å². The molecule has 0 aliphatic heterocycles. The summed E-state index contributed by atoms with van der Waals surface area (Å²) >= 11 is 0. The number of aliphatic carboxylic acids is 1. The average Bonchev–Trinajstić information content (AvgIpc) is 2.70. The Kier molecular flexibility index (Phi) is 14.7. The van der Waals surface area contributed by atoms with Crippen LogP contribution in [0.2, 0.25) is 0 Å². The molecule has 34 heavy (non-hydrogen) atoms. The van der Waals surface area contributed by atoms with E-state index >= 15 is 0 Å². The highest BCUT2D eigenvalue weighted by Crippen LogP contribution is 2.10. The Balaban J connectivity index is 5.53. The van der Waals surface area contributed by atoms with Crippen molar-refractivity contribution >= 4 is 29.6 Å². The van der Waals surface area contributed by atoms with Gasteiger partial charge in [0.1, 0.15) is 18.1 Å². The van der Waals surface area contributed by atoms with Crippen LogP contribution in [0.15, 0.2) is 0 Å². The number of unbranched alkanes of at least 4 members (excludes halogenated alkanes) is 1. The molecular weight excluding hydrogens is 444 g/mol. The van der Waals surface area contributed by atoms with Crippen molar-refractivity contribution in [2.75, 3.05) is 6.54 Å². The number of carbonyl (C=O) groups is 5. The number of hydrogen-bond donors (Lipinski definition) is 7. The van der Waals surface area contributed by atoms with E-state index in [0.717, 1.165) is 0 Å². The van der Waals surface area contributed by atoms with Crippen LogP contribution in [-0.4, -0.2) is 65.4 Å². The van der Waals surface area contributed by atoms with Crippen LogP contribution >= 0.6 is 0 Å². The molecule has 0 heterocycles. The Morgan fingerprint density at radius 3 is 1.71 bits per heavy atom. The fourth-order valence-corrected chi connectivity index (χ4v) is 3.29. The van der Waals surface area contributed by atoms with Crippen LogP contribution < -0.4 is 33.2 Å². The van der Waals surface area contributed by atoms with Gasteiger partial charge in [0.2, 0.25) is 23.6 Å². The standard InChI is InChI=1S/C22H42N6O6/c1-12(2)9-16(27-19(30)14(24)11-18(25)29)21(32)26-15(7-5-6-8-23)20(31)28-17(22(33)34)10-13(3)4/h12-17H,5-11,23-24H2,1-4H3,(H2,25,29)(H,26,32)(H,27,30)(H,28,31)(H,33,34). The van der Waals surface area contributed by atoms with Crippen molar-refractivity contribution in [1.82, 2.24) is 16.0 Å². The lowest BCUT2D eigenvalue weighted by Crippen LogP contribution is -2.57. The predicted octanol–water partition coefficient (Wildman–Crippen LogP) is -1.05. The molecule has 10 N–H and O–H groups in total. The molecule has 0 aromatic heterocycles. The van der Waals surface area contributed by atoms with E-state index < -0.39 is 53.8 Å². The summed E-state index contributed by atoms with van der Waals surface area (Å²) in [7, 11) is 0. The summed E-state index contributed by atoms with van der Waals surface area (Å²) in [6, 6.07) is -4.34. The van der Waals surface area contributed by atoms with Crippen molar-refractivity contribution in [3.8, 4) is 0 Å². The Morgan fingerprint density at radius 2 is 1.24 bits per heavy atom. The molecule has 0 aromatic carbocycles. The molecule has 0 spiro atoms. The molecule has 0 rings (SSSR count). The van der Waals surface area contributed by atoms with E-state index in [1.54, 1.807) is 0 Å². The largest absolute Gasteiger partial charge is 0.480 e. The molecule has 0 fully saturated rings. The van der Waals surface area contributed by atoms with Crippen LogP contribution in [-0.2, 0) is 24.0 Å². The van der Waals surface area contributed by atoms with Crippen LogP contribution in [0.4, 0.5) is 0 Å². The van der Waals surface area contributed by atoms with Gasteiger partial charge in [-0.1, -0.05) is 27.7 Å². The molecule has 196 valence electrons. The molecule has 0 radical (unpaired) electrons. The summed E-state index contributed by atoms with van der Waals surface area (Å²) in [5, 5.41) is 17.1. The van der Waals surface area contributed by atoms with Crippen LogP contribution in [0.3, 0.4) is 0 Å². The van der Waals surface area contributed by atoms with Gasteiger partial charge in [0.25, 0.3) is 0 Å². The van der Waals surface area contributed by atoms with Gasteiger partial charge in [-0.3, -0.25) is 19.2 Å². The average molecular weight is 487 g/mol. The molecule has 0 saturated carbocycles. The Hall–Kier alpha value is -2.73. The van der Waals surface area contributed by atoms with Crippen molar-refractivity contribution in [2.24, 2.45) is 29.0 Å². The maximum absolute atomic E-state index is 13.0. The fourth-order valence-electron chi connectivity index (χ4n) is 3.29. The summed E-state index contributed by atoms with van der Waals surface area (Å²) in [4.78, 5) is 60.9. The first-order valence-electron chi connectivity index (χ1n) is 11.7. The van der Waals surface area contributed by atoms with Crippen LogP contribution in [0.5, 0.6) is 0 Å². The van der Waals surface area contributed by atoms with E-state index in [1.165, 1.54) is 0 Å². The van der Waals surface area contributed by atoms with Crippen LogP contribution in [0.25, 0.3) is 0 Å². The topological polar surface area (TPSA) is 220 Å². The van der Waals surface area contributed by atoms with E-state index in [0.29, 0.717) is 19.4 Å². The first kappa shape index (κ1) is 31.3. The third kappa shape index (κ3) is 13.1. The molecule has 0 saturated heterocycles. The number of carbonyl (C=O) groups excluding carboxylic acids is 4. The molecule has 4 atom stereocenters. The Bertz CT molecular complexity index is 699. The van der Waals surface area contributed by atoms with E-state index in [2.05, 4.69) is 16.0 Å². The second-order valence-electron chi connectivity index (χ2n) is 9.34. The molecule has 0 bridgehead atoms. The number of primary amides is 1. The molecule has 0 aromatic rings. The Morgan fingerprint density at radius 1 is 0.765 bits per heavy atom. The second-order valence-corrected chi connectivity index (χ2v) is 9.34. The van der Waals surface area contributed by atoms with E-state index in [1.807, 2.05) is 27.7 Å². The van der Waals surface area contributed by atoms with Gasteiger partial charge in [-0.25, -0.2) is 4.79 Å². The van der Waals surface area contributed by atoms with Gasteiger partial charge < -0.3 is 38.3 Å². The lowest BCUT2D eigenvalue weighted by Gasteiger charge is -2.26. The monoisotopic (exact) mass is 486 g/mol. The molecule has 4 amide bonds. The van der Waals surface area contributed by atoms with Crippen molar-refractivity contribution in [3.05, 3.63) is 0 Å². The summed E-state index contributed by atoms with van der Waals surface area (Å²) in [5.74, 6) is -3.83. The quantitative estimate of drug-likeness (QED) is 0.125. The minimum atomic E-state index is -1.21. The second kappa shape index (κ2) is 16.0. The number of amides is 4. The highest BCUT2D eigenvalue weighted by Gasteiger charge is 2.31. The van der Waals surface area contributed by atoms with E-state index in [9.17, 15) is 29.1 Å². The van der Waals surface area contributed by atoms with E-state index in [-0.39, 0.29) is 37.5 Å². The molecule has 12 heteroatoms. The highest BCUT2D eigenvalue weighted by molar-refractivity contribution is 5.95. The zero-order chi connectivity index (χ0) is 26.4. The number of rotatable bonds is 17. The summed E-state index contributed by atoms with van der Waals surface area (Å²) in [6.45, 7) is 7.78. The van der Waals surface area contributed by atoms with Crippen molar-refractivity contribution in [2.45, 2.75) is 90.4 Å².